The Morgan fingerprint density at radius 3 is 2.38 bits per heavy atom. The van der Waals surface area contributed by atoms with Gasteiger partial charge in [-0.2, -0.15) is 24.4 Å². The average Bonchev–Trinajstić information content (AvgIpc) is 3.74. The largest absolute Gasteiger partial charge is 0.493 e. The first kappa shape index (κ1) is 38.6. The predicted molar refractivity (Wildman–Crippen MR) is 233 cm³/mol. The lowest BCUT2D eigenvalue weighted by atomic mass is 9.94. The summed E-state index contributed by atoms with van der Waals surface area (Å²) in [5.41, 5.74) is 7.09. The molecule has 300 valence electrons. The first-order valence-electron chi connectivity index (χ1n) is 19.7. The lowest BCUT2D eigenvalue weighted by Gasteiger charge is -2.32. The lowest BCUT2D eigenvalue weighted by Crippen LogP contribution is -2.40. The molecule has 1 saturated heterocycles. The monoisotopic (exact) mass is 816 g/mol. The van der Waals surface area contributed by atoms with Crippen LogP contribution in [0.2, 0.25) is 0 Å². The van der Waals surface area contributed by atoms with Crippen LogP contribution in [-0.4, -0.2) is 62.9 Å². The number of benzene rings is 4. The lowest BCUT2D eigenvalue weighted by molar-refractivity contribution is -0.0189. The van der Waals surface area contributed by atoms with Gasteiger partial charge in [-0.05, 0) is 58.9 Å². The Labute approximate surface area is 348 Å². The van der Waals surface area contributed by atoms with Crippen molar-refractivity contribution >= 4 is 41.0 Å². The third-order valence-electron chi connectivity index (χ3n) is 11.4. The van der Waals surface area contributed by atoms with Crippen molar-refractivity contribution in [3.63, 3.8) is 0 Å². The molecule has 9 rings (SSSR count). The topological polar surface area (TPSA) is 107 Å². The van der Waals surface area contributed by atoms with Gasteiger partial charge in [-0.1, -0.05) is 68.5 Å². The molecule has 1 aliphatic carbocycles. The molecule has 4 heterocycles. The minimum atomic E-state index is -0.778. The number of methoxy groups -OCH3 is 2. The van der Waals surface area contributed by atoms with E-state index in [1.807, 2.05) is 48.2 Å². The van der Waals surface area contributed by atoms with Gasteiger partial charge in [0.05, 0.1) is 30.8 Å². The fraction of sp³-hybridized carbons (Fsp3) is 0.348. The summed E-state index contributed by atoms with van der Waals surface area (Å²) in [6.45, 7) is 5.51. The van der Waals surface area contributed by atoms with Gasteiger partial charge in [0, 0.05) is 64.7 Å². The van der Waals surface area contributed by atoms with Crippen LogP contribution in [0.1, 0.15) is 60.1 Å². The molecule has 0 bridgehead atoms. The number of nitrogens with zero attached hydrogens (tertiary/aromatic N) is 3. The highest BCUT2D eigenvalue weighted by Crippen LogP contribution is 2.45. The number of allylic oxidation sites excluding steroid dienone is 2. The van der Waals surface area contributed by atoms with Crippen LogP contribution in [-0.2, 0) is 25.4 Å². The molecule has 0 spiro atoms. The molecule has 58 heavy (non-hydrogen) atoms. The predicted octanol–water partition coefficient (Wildman–Crippen LogP) is 8.01. The molecule has 0 saturated carbocycles. The number of para-hydroxylation sites is 1. The van der Waals surface area contributed by atoms with Crippen molar-refractivity contribution in [1.82, 2.24) is 14.5 Å². The highest BCUT2D eigenvalue weighted by molar-refractivity contribution is 7.99. The zero-order chi connectivity index (χ0) is 40.1. The summed E-state index contributed by atoms with van der Waals surface area (Å²) in [7, 11) is 3.21. The molecule has 3 aliphatic heterocycles. The molecule has 10 nitrogen and oxygen atoms in total. The van der Waals surface area contributed by atoms with Crippen molar-refractivity contribution in [2.24, 2.45) is 5.92 Å². The third-order valence-corrected chi connectivity index (χ3v) is 13.2. The minimum absolute atomic E-state index is 0.103. The average molecular weight is 817 g/mol. The zero-order valence-corrected chi connectivity index (χ0v) is 34.8. The van der Waals surface area contributed by atoms with E-state index in [0.717, 1.165) is 63.7 Å². The van der Waals surface area contributed by atoms with Crippen molar-refractivity contribution in [2.75, 3.05) is 31.8 Å². The Bertz CT molecular complexity index is 2510. The fourth-order valence-electron chi connectivity index (χ4n) is 8.77. The van der Waals surface area contributed by atoms with Crippen LogP contribution in [0.5, 0.6) is 23.0 Å². The molecule has 5 aromatic rings. The number of anilines is 1. The Morgan fingerprint density at radius 2 is 1.62 bits per heavy atom. The standard InChI is InChI=1S/C46H48N4O6S2/c1-46(2,57)26-58-25-29-14-27(23-55-41-20-35-33(18-39(41)53-3)44(51)49-32(22-47-35)16-30-9-5-7-11-37(30)49)13-28(15-29)24-56-42-21-36-34(19-40(42)54-4)45(52)50-38-12-8-6-10-31(38)17-43(50)48-36/h5-15,18-21,30,32,37,44,47,51,57H,16-17,22-26H2,1-4H3/t30?,32-,37?,44?/m0/s1. The van der Waals surface area contributed by atoms with Gasteiger partial charge in [0.15, 0.2) is 23.0 Å². The van der Waals surface area contributed by atoms with E-state index in [4.69, 9.17) is 36.6 Å². The number of aromatic nitrogens is 2. The van der Waals surface area contributed by atoms with E-state index in [2.05, 4.69) is 66.6 Å². The molecule has 1 aromatic heterocycles. The SMILES string of the molecule is COc1cc2c(cc1OCc1cc(COc3cc4nc5n(c(=O)c4cc3OC)-c3ccccc3C5)cc(CSCC(C)(C)S)c1)NC[C@@H]1CC3C=CC=CC3N1C2O. The molecular weight excluding hydrogens is 769 g/mol. The van der Waals surface area contributed by atoms with Gasteiger partial charge in [-0.3, -0.25) is 14.3 Å². The number of ether oxygens (including phenoxy) is 4. The summed E-state index contributed by atoms with van der Waals surface area (Å²) in [6, 6.07) is 22.1. The molecule has 4 aliphatic rings. The van der Waals surface area contributed by atoms with E-state index in [9.17, 15) is 9.90 Å². The number of hydrogen-bond donors (Lipinski definition) is 3. The third kappa shape index (κ3) is 7.47. The van der Waals surface area contributed by atoms with E-state index < -0.39 is 6.23 Å². The Morgan fingerprint density at radius 1 is 0.914 bits per heavy atom. The van der Waals surface area contributed by atoms with Gasteiger partial charge in [-0.15, -0.1) is 0 Å². The second kappa shape index (κ2) is 15.7. The van der Waals surface area contributed by atoms with Crippen LogP contribution >= 0.6 is 24.4 Å². The van der Waals surface area contributed by atoms with E-state index in [1.54, 1.807) is 30.9 Å². The number of aliphatic hydroxyl groups is 1. The maximum atomic E-state index is 13.7. The summed E-state index contributed by atoms with van der Waals surface area (Å²) in [5.74, 6) is 4.90. The smallest absolute Gasteiger partial charge is 0.266 e. The number of rotatable bonds is 12. The van der Waals surface area contributed by atoms with Crippen LogP contribution in [0.3, 0.4) is 0 Å². The van der Waals surface area contributed by atoms with Gasteiger partial charge < -0.3 is 29.4 Å². The van der Waals surface area contributed by atoms with Gasteiger partial charge in [0.25, 0.3) is 5.56 Å². The van der Waals surface area contributed by atoms with Crippen molar-refractivity contribution < 1.29 is 24.1 Å². The second-order valence-electron chi connectivity index (χ2n) is 16.1. The summed E-state index contributed by atoms with van der Waals surface area (Å²) in [6.07, 6.45) is 9.43. The zero-order valence-electron chi connectivity index (χ0n) is 33.1. The normalized spacial score (nSPS) is 20.4. The highest BCUT2D eigenvalue weighted by atomic mass is 32.2. The summed E-state index contributed by atoms with van der Waals surface area (Å²) < 4.78 is 26.2. The number of thiol groups is 1. The maximum absolute atomic E-state index is 13.7. The molecule has 4 atom stereocenters. The molecule has 3 unspecified atom stereocenters. The van der Waals surface area contributed by atoms with E-state index in [0.29, 0.717) is 52.1 Å². The van der Waals surface area contributed by atoms with Crippen LogP contribution in [0.15, 0.2) is 95.8 Å². The van der Waals surface area contributed by atoms with Gasteiger partial charge in [0.2, 0.25) is 0 Å². The van der Waals surface area contributed by atoms with Crippen LogP contribution < -0.4 is 29.8 Å². The van der Waals surface area contributed by atoms with Crippen molar-refractivity contribution in [3.05, 3.63) is 135 Å². The second-order valence-corrected chi connectivity index (χ2v) is 18.3. The molecular formula is C46H48N4O6S2. The van der Waals surface area contributed by atoms with Gasteiger partial charge in [-0.25, -0.2) is 4.98 Å². The quantitative estimate of drug-likeness (QED) is 0.105. The number of hydrogen-bond acceptors (Lipinski definition) is 11. The van der Waals surface area contributed by atoms with Crippen molar-refractivity contribution in [3.8, 4) is 28.7 Å². The minimum Gasteiger partial charge on any atom is -0.493 e. The summed E-state index contributed by atoms with van der Waals surface area (Å²) in [5, 5.41) is 15.8. The van der Waals surface area contributed by atoms with Crippen molar-refractivity contribution in [2.45, 2.75) is 68.7 Å². The van der Waals surface area contributed by atoms with Gasteiger partial charge in [0.1, 0.15) is 25.3 Å². The van der Waals surface area contributed by atoms with E-state index >= 15 is 0 Å². The van der Waals surface area contributed by atoms with Gasteiger partial charge >= 0.3 is 0 Å². The van der Waals surface area contributed by atoms with E-state index in [-0.39, 0.29) is 35.6 Å². The molecule has 0 radical (unpaired) electrons. The summed E-state index contributed by atoms with van der Waals surface area (Å²) in [4.78, 5) is 20.9. The van der Waals surface area contributed by atoms with Crippen LogP contribution in [0.25, 0.3) is 16.6 Å². The Hall–Kier alpha value is -4.88. The van der Waals surface area contributed by atoms with E-state index in [1.165, 1.54) is 0 Å². The number of fused-ring (bicyclic) bond motifs is 8. The number of thioether (sulfide) groups is 1. The van der Waals surface area contributed by atoms with Crippen molar-refractivity contribution in [1.29, 1.82) is 0 Å². The Balaban J connectivity index is 0.968. The number of aliphatic hydroxyl groups excluding tert-OH is 1. The molecule has 1 fully saturated rings. The Kier molecular flexibility index (Phi) is 10.5. The highest BCUT2D eigenvalue weighted by Gasteiger charge is 2.45. The maximum Gasteiger partial charge on any atom is 0.266 e. The molecule has 2 N–H and O–H groups in total. The molecule has 4 aromatic carbocycles. The molecule has 12 heteroatoms. The first-order valence-corrected chi connectivity index (χ1v) is 21.3. The number of nitrogens with one attached hydrogen (secondary N) is 1. The fourth-order valence-corrected chi connectivity index (χ4v) is 10.0. The summed E-state index contributed by atoms with van der Waals surface area (Å²) >= 11 is 6.57. The molecule has 0 amide bonds. The van der Waals surface area contributed by atoms with Crippen LogP contribution in [0.4, 0.5) is 5.69 Å². The first-order chi connectivity index (χ1) is 28.1. The van der Waals surface area contributed by atoms with Crippen LogP contribution in [0, 0.1) is 5.92 Å².